The second kappa shape index (κ2) is 7.66. The van der Waals surface area contributed by atoms with Crippen LogP contribution in [-0.4, -0.2) is 12.2 Å². The van der Waals surface area contributed by atoms with Gasteiger partial charge in [-0.2, -0.15) is 0 Å². The lowest BCUT2D eigenvalue weighted by atomic mass is 10.0. The molecule has 3 nitrogen and oxygen atoms in total. The molecule has 0 radical (unpaired) electrons. The highest BCUT2D eigenvalue weighted by Gasteiger charge is 2.09. The van der Waals surface area contributed by atoms with Crippen molar-refractivity contribution >= 4 is 0 Å². The molecule has 3 aromatic carbocycles. The third kappa shape index (κ3) is 3.94. The van der Waals surface area contributed by atoms with Crippen LogP contribution >= 0.6 is 0 Å². The van der Waals surface area contributed by atoms with Gasteiger partial charge in [0.15, 0.2) is 0 Å². The molecule has 0 bridgehead atoms. The van der Waals surface area contributed by atoms with Crippen LogP contribution in [0.3, 0.4) is 0 Å². The van der Waals surface area contributed by atoms with Crippen molar-refractivity contribution in [3.05, 3.63) is 95.6 Å². The Labute approximate surface area is 142 Å². The summed E-state index contributed by atoms with van der Waals surface area (Å²) in [6.07, 6.45) is -0.623. The molecule has 0 spiro atoms. The summed E-state index contributed by atoms with van der Waals surface area (Å²) in [6.45, 7) is 0.491. The molecule has 3 rings (SSSR count). The normalized spacial score (nSPS) is 11.8. The van der Waals surface area contributed by atoms with Gasteiger partial charge < -0.3 is 14.6 Å². The minimum absolute atomic E-state index is 0.491. The standard InChI is InChI=1S/C21H20O3/c1-23-19-11-7-16(8-12-19)15-24-20-13-9-18(10-14-20)21(22)17-5-3-2-4-6-17/h2-14,21-22H,15H2,1H3. The summed E-state index contributed by atoms with van der Waals surface area (Å²) < 4.78 is 10.9. The van der Waals surface area contributed by atoms with Crippen molar-refractivity contribution in [3.8, 4) is 11.5 Å². The molecular weight excluding hydrogens is 300 g/mol. The highest BCUT2D eigenvalue weighted by molar-refractivity contribution is 5.34. The smallest absolute Gasteiger partial charge is 0.119 e. The van der Waals surface area contributed by atoms with Crippen molar-refractivity contribution < 1.29 is 14.6 Å². The zero-order valence-electron chi connectivity index (χ0n) is 13.6. The molecular formula is C21H20O3. The molecule has 3 heteroatoms. The fourth-order valence-corrected chi connectivity index (χ4v) is 2.46. The maximum absolute atomic E-state index is 10.4. The zero-order chi connectivity index (χ0) is 16.8. The van der Waals surface area contributed by atoms with E-state index in [0.29, 0.717) is 6.61 Å². The number of aliphatic hydroxyl groups excluding tert-OH is 1. The molecule has 0 aromatic heterocycles. The maximum atomic E-state index is 10.4. The van der Waals surface area contributed by atoms with Gasteiger partial charge in [0, 0.05) is 0 Å². The molecule has 0 saturated heterocycles. The number of aliphatic hydroxyl groups is 1. The zero-order valence-corrected chi connectivity index (χ0v) is 13.6. The minimum Gasteiger partial charge on any atom is -0.497 e. The monoisotopic (exact) mass is 320 g/mol. The topological polar surface area (TPSA) is 38.7 Å². The highest BCUT2D eigenvalue weighted by Crippen LogP contribution is 2.24. The van der Waals surface area contributed by atoms with E-state index in [2.05, 4.69) is 0 Å². The summed E-state index contributed by atoms with van der Waals surface area (Å²) in [7, 11) is 1.65. The van der Waals surface area contributed by atoms with Gasteiger partial charge >= 0.3 is 0 Å². The molecule has 0 saturated carbocycles. The Bertz CT molecular complexity index is 749. The van der Waals surface area contributed by atoms with Gasteiger partial charge in [0.25, 0.3) is 0 Å². The van der Waals surface area contributed by atoms with Gasteiger partial charge in [0.05, 0.1) is 7.11 Å². The molecule has 0 heterocycles. The largest absolute Gasteiger partial charge is 0.497 e. The highest BCUT2D eigenvalue weighted by atomic mass is 16.5. The van der Waals surface area contributed by atoms with Gasteiger partial charge in [-0.15, -0.1) is 0 Å². The first-order chi connectivity index (χ1) is 11.8. The molecule has 0 aliphatic rings. The number of methoxy groups -OCH3 is 1. The van der Waals surface area contributed by atoms with Gasteiger partial charge in [-0.05, 0) is 41.0 Å². The van der Waals surface area contributed by atoms with Crippen molar-refractivity contribution in [2.75, 3.05) is 7.11 Å². The SMILES string of the molecule is COc1ccc(COc2ccc(C(O)c3ccccc3)cc2)cc1. The van der Waals surface area contributed by atoms with Crippen LogP contribution in [0.15, 0.2) is 78.9 Å². The summed E-state index contributed by atoms with van der Waals surface area (Å²) >= 11 is 0. The van der Waals surface area contributed by atoms with Gasteiger partial charge in [-0.3, -0.25) is 0 Å². The molecule has 0 aliphatic heterocycles. The summed E-state index contributed by atoms with van der Waals surface area (Å²) in [5.41, 5.74) is 2.80. The van der Waals surface area contributed by atoms with Crippen LogP contribution in [0.5, 0.6) is 11.5 Å². The van der Waals surface area contributed by atoms with E-state index in [4.69, 9.17) is 9.47 Å². The van der Waals surface area contributed by atoms with E-state index in [9.17, 15) is 5.11 Å². The summed E-state index contributed by atoms with van der Waals surface area (Å²) in [5.74, 6) is 1.60. The molecule has 3 aromatic rings. The molecule has 1 unspecified atom stereocenters. The lowest BCUT2D eigenvalue weighted by Crippen LogP contribution is -2.00. The predicted molar refractivity (Wildman–Crippen MR) is 94.3 cm³/mol. The molecule has 0 aliphatic carbocycles. The van der Waals surface area contributed by atoms with Gasteiger partial charge in [0.1, 0.15) is 24.2 Å². The van der Waals surface area contributed by atoms with Crippen LogP contribution in [-0.2, 0) is 6.61 Å². The van der Waals surface area contributed by atoms with E-state index < -0.39 is 6.10 Å². The Morgan fingerprint density at radius 2 is 1.33 bits per heavy atom. The van der Waals surface area contributed by atoms with E-state index in [1.54, 1.807) is 7.11 Å². The van der Waals surface area contributed by atoms with Crippen LogP contribution < -0.4 is 9.47 Å². The van der Waals surface area contributed by atoms with Crippen molar-refractivity contribution in [3.63, 3.8) is 0 Å². The minimum atomic E-state index is -0.623. The van der Waals surface area contributed by atoms with E-state index >= 15 is 0 Å². The third-order valence-corrected chi connectivity index (χ3v) is 3.88. The number of hydrogen-bond acceptors (Lipinski definition) is 3. The van der Waals surface area contributed by atoms with Crippen LogP contribution in [0.4, 0.5) is 0 Å². The van der Waals surface area contributed by atoms with Crippen LogP contribution in [0.1, 0.15) is 22.8 Å². The number of hydrogen-bond donors (Lipinski definition) is 1. The van der Waals surface area contributed by atoms with Crippen molar-refractivity contribution in [2.45, 2.75) is 12.7 Å². The third-order valence-electron chi connectivity index (χ3n) is 3.88. The first-order valence-corrected chi connectivity index (χ1v) is 7.85. The van der Waals surface area contributed by atoms with E-state index in [1.807, 2.05) is 78.9 Å². The van der Waals surface area contributed by atoms with Gasteiger partial charge in [-0.1, -0.05) is 54.6 Å². The first-order valence-electron chi connectivity index (χ1n) is 7.85. The van der Waals surface area contributed by atoms with Crippen LogP contribution in [0.2, 0.25) is 0 Å². The van der Waals surface area contributed by atoms with E-state index in [1.165, 1.54) is 0 Å². The quantitative estimate of drug-likeness (QED) is 0.733. The summed E-state index contributed by atoms with van der Waals surface area (Å²) in [5, 5.41) is 10.4. The summed E-state index contributed by atoms with van der Waals surface area (Å²) in [4.78, 5) is 0. The van der Waals surface area contributed by atoms with Gasteiger partial charge in [-0.25, -0.2) is 0 Å². The Hall–Kier alpha value is -2.78. The predicted octanol–water partition coefficient (Wildman–Crippen LogP) is 4.36. The average molecular weight is 320 g/mol. The molecule has 24 heavy (non-hydrogen) atoms. The first kappa shape index (κ1) is 16.1. The molecule has 1 N–H and O–H groups in total. The number of benzene rings is 3. The fraction of sp³-hybridized carbons (Fsp3) is 0.143. The van der Waals surface area contributed by atoms with Gasteiger partial charge in [0.2, 0.25) is 0 Å². The average Bonchev–Trinajstić information content (AvgIpc) is 2.67. The lowest BCUT2D eigenvalue weighted by molar-refractivity contribution is 0.220. The van der Waals surface area contributed by atoms with E-state index in [0.717, 1.165) is 28.2 Å². The lowest BCUT2D eigenvalue weighted by Gasteiger charge is -2.12. The molecule has 0 fully saturated rings. The second-order valence-corrected chi connectivity index (χ2v) is 5.52. The van der Waals surface area contributed by atoms with Crippen molar-refractivity contribution in [1.29, 1.82) is 0 Å². The van der Waals surface area contributed by atoms with Crippen molar-refractivity contribution in [2.24, 2.45) is 0 Å². The Morgan fingerprint density at radius 3 is 1.96 bits per heavy atom. The maximum Gasteiger partial charge on any atom is 0.119 e. The van der Waals surface area contributed by atoms with Crippen LogP contribution in [0.25, 0.3) is 0 Å². The number of ether oxygens (including phenoxy) is 2. The molecule has 122 valence electrons. The van der Waals surface area contributed by atoms with E-state index in [-0.39, 0.29) is 0 Å². The van der Waals surface area contributed by atoms with Crippen molar-refractivity contribution in [1.82, 2.24) is 0 Å². The Balaban J connectivity index is 1.62. The molecule has 0 amide bonds. The second-order valence-electron chi connectivity index (χ2n) is 5.52. The Kier molecular flexibility index (Phi) is 5.14. The summed E-state index contributed by atoms with van der Waals surface area (Å²) in [6, 6.07) is 24.9. The Morgan fingerprint density at radius 1 is 0.750 bits per heavy atom. The fourth-order valence-electron chi connectivity index (χ4n) is 2.46. The number of rotatable bonds is 6. The van der Waals surface area contributed by atoms with Crippen LogP contribution in [0, 0.1) is 0 Å². The molecule has 1 atom stereocenters.